The summed E-state index contributed by atoms with van der Waals surface area (Å²) in [5.74, 6) is -0.493. The lowest BCUT2D eigenvalue weighted by molar-refractivity contribution is -0.141. The van der Waals surface area contributed by atoms with Crippen LogP contribution in [0.15, 0.2) is 0 Å². The van der Waals surface area contributed by atoms with Gasteiger partial charge in [0.2, 0.25) is 0 Å². The van der Waals surface area contributed by atoms with Crippen LogP contribution in [0.1, 0.15) is 45.4 Å². The maximum absolute atomic E-state index is 11.7. The Morgan fingerprint density at radius 1 is 1.32 bits per heavy atom. The number of nitrogens with one attached hydrogen (secondary N) is 2. The standard InChI is InChI=1S/C14H24N2O3/c1-2-3-10(12(17)18)8-15-13(19)16-9-14(6-7-14)11-4-5-11/h10-11H,2-9H2,1H3,(H,17,18)(H2,15,16,19). The highest BCUT2D eigenvalue weighted by Crippen LogP contribution is 2.60. The third-order valence-corrected chi connectivity index (χ3v) is 4.43. The van der Waals surface area contributed by atoms with E-state index in [2.05, 4.69) is 10.6 Å². The van der Waals surface area contributed by atoms with E-state index in [9.17, 15) is 9.59 Å². The van der Waals surface area contributed by atoms with Gasteiger partial charge in [0, 0.05) is 13.1 Å². The Hall–Kier alpha value is -1.26. The Kier molecular flexibility index (Phi) is 4.32. The molecule has 3 N–H and O–H groups in total. The largest absolute Gasteiger partial charge is 0.481 e. The number of carbonyl (C=O) groups excluding carboxylic acids is 1. The molecule has 108 valence electrons. The molecule has 0 radical (unpaired) electrons. The Labute approximate surface area is 114 Å². The van der Waals surface area contributed by atoms with Crippen molar-refractivity contribution in [2.24, 2.45) is 17.3 Å². The van der Waals surface area contributed by atoms with Crippen LogP contribution in [-0.2, 0) is 4.79 Å². The molecule has 2 saturated carbocycles. The topological polar surface area (TPSA) is 78.4 Å². The van der Waals surface area contributed by atoms with Gasteiger partial charge in [-0.15, -0.1) is 0 Å². The first-order valence-electron chi connectivity index (χ1n) is 7.32. The summed E-state index contributed by atoms with van der Waals surface area (Å²) in [6.45, 7) is 2.91. The summed E-state index contributed by atoms with van der Waals surface area (Å²) in [5.41, 5.74) is 0.382. The van der Waals surface area contributed by atoms with Gasteiger partial charge < -0.3 is 15.7 Å². The number of hydrogen-bond acceptors (Lipinski definition) is 2. The average molecular weight is 268 g/mol. The number of carbonyl (C=O) groups is 2. The number of urea groups is 1. The first-order valence-corrected chi connectivity index (χ1v) is 7.32. The number of carboxylic acid groups (broad SMARTS) is 1. The van der Waals surface area contributed by atoms with E-state index >= 15 is 0 Å². The number of amides is 2. The summed E-state index contributed by atoms with van der Waals surface area (Å²) in [5, 5.41) is 14.6. The van der Waals surface area contributed by atoms with E-state index in [0.29, 0.717) is 11.8 Å². The third kappa shape index (κ3) is 3.85. The molecule has 1 unspecified atom stereocenters. The Balaban J connectivity index is 1.65. The Morgan fingerprint density at radius 2 is 2.00 bits per heavy atom. The van der Waals surface area contributed by atoms with Crippen molar-refractivity contribution in [1.82, 2.24) is 10.6 Å². The second kappa shape index (κ2) is 5.80. The molecule has 19 heavy (non-hydrogen) atoms. The van der Waals surface area contributed by atoms with E-state index in [1.54, 1.807) is 0 Å². The predicted molar refractivity (Wildman–Crippen MR) is 71.8 cm³/mol. The quantitative estimate of drug-likeness (QED) is 0.630. The second-order valence-electron chi connectivity index (χ2n) is 6.02. The van der Waals surface area contributed by atoms with Gasteiger partial charge in [0.25, 0.3) is 0 Å². The highest BCUT2D eigenvalue weighted by molar-refractivity contribution is 5.75. The fourth-order valence-corrected chi connectivity index (χ4v) is 2.78. The SMILES string of the molecule is CCCC(CNC(=O)NCC1(C2CC2)CC1)C(=O)O. The van der Waals surface area contributed by atoms with Gasteiger partial charge in [-0.25, -0.2) is 4.79 Å². The van der Waals surface area contributed by atoms with Crippen LogP contribution in [0.5, 0.6) is 0 Å². The molecule has 0 spiro atoms. The Bertz CT molecular complexity index is 349. The van der Waals surface area contributed by atoms with Gasteiger partial charge in [-0.3, -0.25) is 4.79 Å². The van der Waals surface area contributed by atoms with Gasteiger partial charge in [0.1, 0.15) is 0 Å². The van der Waals surface area contributed by atoms with E-state index in [1.807, 2.05) is 6.92 Å². The van der Waals surface area contributed by atoms with Gasteiger partial charge in [0.15, 0.2) is 0 Å². The molecule has 1 atom stereocenters. The Morgan fingerprint density at radius 3 is 2.47 bits per heavy atom. The highest BCUT2D eigenvalue weighted by Gasteiger charge is 2.53. The first-order chi connectivity index (χ1) is 9.07. The molecule has 0 heterocycles. The summed E-state index contributed by atoms with van der Waals surface area (Å²) >= 11 is 0. The van der Waals surface area contributed by atoms with E-state index in [-0.39, 0.29) is 12.6 Å². The molecule has 2 aliphatic carbocycles. The zero-order chi connectivity index (χ0) is 13.9. The van der Waals surface area contributed by atoms with E-state index in [4.69, 9.17) is 5.11 Å². The molecule has 2 amide bonds. The van der Waals surface area contributed by atoms with Crippen molar-refractivity contribution in [3.63, 3.8) is 0 Å². The molecule has 0 aromatic carbocycles. The molecule has 2 rings (SSSR count). The minimum atomic E-state index is -0.834. The summed E-state index contributed by atoms with van der Waals surface area (Å²) in [6.07, 6.45) is 6.48. The van der Waals surface area contributed by atoms with Crippen LogP contribution in [0.25, 0.3) is 0 Å². The maximum atomic E-state index is 11.7. The molecule has 0 aromatic heterocycles. The van der Waals surface area contributed by atoms with Crippen LogP contribution < -0.4 is 10.6 Å². The van der Waals surface area contributed by atoms with Crippen LogP contribution in [0.2, 0.25) is 0 Å². The van der Waals surface area contributed by atoms with Crippen molar-refractivity contribution in [3.8, 4) is 0 Å². The lowest BCUT2D eigenvalue weighted by atomic mass is 10.0. The van der Waals surface area contributed by atoms with Crippen molar-refractivity contribution in [3.05, 3.63) is 0 Å². The van der Waals surface area contributed by atoms with Crippen LogP contribution >= 0.6 is 0 Å². The van der Waals surface area contributed by atoms with E-state index in [1.165, 1.54) is 25.7 Å². The van der Waals surface area contributed by atoms with Crippen molar-refractivity contribution >= 4 is 12.0 Å². The maximum Gasteiger partial charge on any atom is 0.314 e. The van der Waals surface area contributed by atoms with Crippen LogP contribution in [0, 0.1) is 17.3 Å². The fraction of sp³-hybridized carbons (Fsp3) is 0.857. The minimum Gasteiger partial charge on any atom is -0.481 e. The lowest BCUT2D eigenvalue weighted by Crippen LogP contribution is -2.42. The first kappa shape index (κ1) is 14.2. The van der Waals surface area contributed by atoms with Crippen molar-refractivity contribution in [1.29, 1.82) is 0 Å². The van der Waals surface area contributed by atoms with Gasteiger partial charge >= 0.3 is 12.0 Å². The monoisotopic (exact) mass is 268 g/mol. The average Bonchev–Trinajstić information content (AvgIpc) is 3.24. The summed E-state index contributed by atoms with van der Waals surface area (Å²) in [4.78, 5) is 22.6. The molecule has 5 heteroatoms. The summed E-state index contributed by atoms with van der Waals surface area (Å²) in [6, 6.07) is -0.228. The molecule has 0 aromatic rings. The molecule has 0 saturated heterocycles. The van der Waals surface area contributed by atoms with Crippen molar-refractivity contribution < 1.29 is 14.7 Å². The van der Waals surface area contributed by atoms with E-state index < -0.39 is 11.9 Å². The van der Waals surface area contributed by atoms with Gasteiger partial charge in [-0.1, -0.05) is 13.3 Å². The van der Waals surface area contributed by atoms with Crippen LogP contribution in [-0.4, -0.2) is 30.2 Å². The van der Waals surface area contributed by atoms with Crippen molar-refractivity contribution in [2.45, 2.75) is 45.4 Å². The minimum absolute atomic E-state index is 0.214. The lowest BCUT2D eigenvalue weighted by Gasteiger charge is -2.17. The van der Waals surface area contributed by atoms with Gasteiger partial charge in [-0.2, -0.15) is 0 Å². The predicted octanol–water partition coefficient (Wildman–Crippen LogP) is 1.98. The third-order valence-electron chi connectivity index (χ3n) is 4.43. The number of aliphatic carboxylic acids is 1. The summed E-state index contributed by atoms with van der Waals surface area (Å²) in [7, 11) is 0. The molecule has 2 aliphatic rings. The summed E-state index contributed by atoms with van der Waals surface area (Å²) < 4.78 is 0. The number of carboxylic acids is 1. The number of rotatable bonds is 8. The zero-order valence-electron chi connectivity index (χ0n) is 11.6. The van der Waals surface area contributed by atoms with Crippen LogP contribution in [0.3, 0.4) is 0 Å². The molecule has 2 fully saturated rings. The normalized spacial score (nSPS) is 21.5. The smallest absolute Gasteiger partial charge is 0.314 e. The second-order valence-corrected chi connectivity index (χ2v) is 6.02. The molecular formula is C14H24N2O3. The van der Waals surface area contributed by atoms with Gasteiger partial charge in [-0.05, 0) is 43.4 Å². The molecule has 0 aliphatic heterocycles. The fourth-order valence-electron chi connectivity index (χ4n) is 2.78. The molecule has 0 bridgehead atoms. The van der Waals surface area contributed by atoms with Crippen molar-refractivity contribution in [2.75, 3.05) is 13.1 Å². The van der Waals surface area contributed by atoms with E-state index in [0.717, 1.165) is 18.9 Å². The van der Waals surface area contributed by atoms with Gasteiger partial charge in [0.05, 0.1) is 5.92 Å². The highest BCUT2D eigenvalue weighted by atomic mass is 16.4. The van der Waals surface area contributed by atoms with Crippen LogP contribution in [0.4, 0.5) is 4.79 Å². The molecular weight excluding hydrogens is 244 g/mol. The number of hydrogen-bond donors (Lipinski definition) is 3. The zero-order valence-corrected chi connectivity index (χ0v) is 11.6. The molecule has 5 nitrogen and oxygen atoms in total.